The van der Waals surface area contributed by atoms with Gasteiger partial charge in [-0.1, -0.05) is 6.92 Å². The minimum absolute atomic E-state index is 0.0824. The quantitative estimate of drug-likeness (QED) is 0.799. The van der Waals surface area contributed by atoms with Crippen LogP contribution in [0, 0.1) is 0 Å². The molecule has 1 aliphatic heterocycles. The maximum absolute atomic E-state index is 12.1. The van der Waals surface area contributed by atoms with E-state index in [1.165, 1.54) is 7.11 Å². The summed E-state index contributed by atoms with van der Waals surface area (Å²) in [6.45, 7) is 2.95. The Morgan fingerprint density at radius 3 is 3.00 bits per heavy atom. The molecule has 2 N–H and O–H groups in total. The van der Waals surface area contributed by atoms with Gasteiger partial charge in [-0.3, -0.25) is 9.89 Å². The number of nitrogens with zero attached hydrogens (tertiary/aromatic N) is 3. The lowest BCUT2D eigenvalue weighted by Gasteiger charge is -2.14. The Labute approximate surface area is 110 Å². The van der Waals surface area contributed by atoms with Gasteiger partial charge in [-0.2, -0.15) is 0 Å². The molecule has 0 radical (unpaired) electrons. The van der Waals surface area contributed by atoms with Crippen LogP contribution < -0.4 is 5.32 Å². The molecule has 0 bridgehead atoms. The molecule has 0 spiro atoms. The third-order valence-corrected chi connectivity index (χ3v) is 3.04. The highest BCUT2D eigenvalue weighted by Crippen LogP contribution is 2.12. The van der Waals surface area contributed by atoms with Crippen molar-refractivity contribution in [2.24, 2.45) is 0 Å². The number of rotatable bonds is 3. The molecule has 19 heavy (non-hydrogen) atoms. The molecule has 1 aliphatic rings. The summed E-state index contributed by atoms with van der Waals surface area (Å²) in [6.07, 6.45) is 0.920. The van der Waals surface area contributed by atoms with Crippen LogP contribution in [0.25, 0.3) is 0 Å². The number of ether oxygens (including phenoxy) is 1. The van der Waals surface area contributed by atoms with Gasteiger partial charge in [0, 0.05) is 19.5 Å². The summed E-state index contributed by atoms with van der Waals surface area (Å²) in [5, 5.41) is 9.29. The van der Waals surface area contributed by atoms with E-state index >= 15 is 0 Å². The second-order valence-corrected chi connectivity index (χ2v) is 4.33. The van der Waals surface area contributed by atoms with Gasteiger partial charge in [0.15, 0.2) is 0 Å². The van der Waals surface area contributed by atoms with Crippen molar-refractivity contribution in [2.45, 2.75) is 25.8 Å². The summed E-state index contributed by atoms with van der Waals surface area (Å²) in [7, 11) is 1.31. The van der Waals surface area contributed by atoms with E-state index in [1.807, 2.05) is 6.92 Å². The Hall–Kier alpha value is -2.12. The molecule has 1 fully saturated rings. The number of likely N-dealkylation sites (tertiary alicyclic amines) is 1. The number of methoxy groups -OCH3 is 1. The normalized spacial score (nSPS) is 18.4. The molecule has 8 nitrogen and oxygen atoms in total. The number of aromatic nitrogens is 3. The van der Waals surface area contributed by atoms with Crippen molar-refractivity contribution in [3.8, 4) is 0 Å². The second-order valence-electron chi connectivity index (χ2n) is 4.33. The number of alkyl carbamates (subject to hydrolysis) is 1. The lowest BCUT2D eigenvalue weighted by molar-refractivity contribution is 0.0776. The van der Waals surface area contributed by atoms with Gasteiger partial charge in [-0.05, 0) is 6.42 Å². The van der Waals surface area contributed by atoms with Crippen LogP contribution in [0.4, 0.5) is 4.79 Å². The van der Waals surface area contributed by atoms with Crippen LogP contribution in [-0.4, -0.2) is 58.3 Å². The van der Waals surface area contributed by atoms with Crippen molar-refractivity contribution in [1.29, 1.82) is 0 Å². The molecular weight excluding hydrogens is 250 g/mol. The van der Waals surface area contributed by atoms with Crippen LogP contribution in [-0.2, 0) is 11.2 Å². The number of hydrogen-bond acceptors (Lipinski definition) is 5. The van der Waals surface area contributed by atoms with Gasteiger partial charge in [0.05, 0.1) is 13.2 Å². The van der Waals surface area contributed by atoms with E-state index in [1.54, 1.807) is 4.90 Å². The molecule has 1 aromatic rings. The van der Waals surface area contributed by atoms with Crippen LogP contribution in [0.15, 0.2) is 0 Å². The zero-order valence-corrected chi connectivity index (χ0v) is 11.0. The number of H-pyrrole nitrogens is 1. The highest BCUT2D eigenvalue weighted by atomic mass is 16.5. The molecule has 2 amide bonds. The zero-order valence-electron chi connectivity index (χ0n) is 11.0. The Bertz CT molecular complexity index is 473. The van der Waals surface area contributed by atoms with Gasteiger partial charge in [0.25, 0.3) is 5.91 Å². The highest BCUT2D eigenvalue weighted by Gasteiger charge is 2.29. The van der Waals surface area contributed by atoms with Gasteiger partial charge in [0.2, 0.25) is 5.82 Å². The minimum atomic E-state index is -0.481. The molecule has 1 aromatic heterocycles. The van der Waals surface area contributed by atoms with Crippen molar-refractivity contribution in [2.75, 3.05) is 20.2 Å². The molecule has 1 atom stereocenters. The van der Waals surface area contributed by atoms with E-state index in [0.717, 1.165) is 0 Å². The number of aromatic amines is 1. The SMILES string of the molecule is CCc1nc(C(=O)N2CCC(NC(=O)OC)C2)n[nH]1. The first-order valence-electron chi connectivity index (χ1n) is 6.19. The average molecular weight is 267 g/mol. The summed E-state index contributed by atoms with van der Waals surface area (Å²) in [5.41, 5.74) is 0. The van der Waals surface area contributed by atoms with E-state index in [-0.39, 0.29) is 17.8 Å². The molecule has 8 heteroatoms. The maximum atomic E-state index is 12.1. The molecule has 1 saturated heterocycles. The second kappa shape index (κ2) is 5.68. The van der Waals surface area contributed by atoms with E-state index in [2.05, 4.69) is 25.2 Å². The lowest BCUT2D eigenvalue weighted by Crippen LogP contribution is -2.38. The van der Waals surface area contributed by atoms with Crippen molar-refractivity contribution in [3.05, 3.63) is 11.6 Å². The van der Waals surface area contributed by atoms with Crippen LogP contribution in [0.5, 0.6) is 0 Å². The number of carbonyl (C=O) groups is 2. The van der Waals surface area contributed by atoms with E-state index < -0.39 is 6.09 Å². The van der Waals surface area contributed by atoms with E-state index in [4.69, 9.17) is 0 Å². The van der Waals surface area contributed by atoms with Crippen LogP contribution in [0.2, 0.25) is 0 Å². The molecule has 0 aliphatic carbocycles. The van der Waals surface area contributed by atoms with Gasteiger partial charge in [0.1, 0.15) is 5.82 Å². The number of carbonyl (C=O) groups excluding carboxylic acids is 2. The predicted molar refractivity (Wildman–Crippen MR) is 65.6 cm³/mol. The van der Waals surface area contributed by atoms with Crippen molar-refractivity contribution in [3.63, 3.8) is 0 Å². The average Bonchev–Trinajstić information content (AvgIpc) is 3.06. The first kappa shape index (κ1) is 13.3. The van der Waals surface area contributed by atoms with Crippen LogP contribution >= 0.6 is 0 Å². The third-order valence-electron chi connectivity index (χ3n) is 3.04. The minimum Gasteiger partial charge on any atom is -0.453 e. The Morgan fingerprint density at radius 1 is 1.58 bits per heavy atom. The van der Waals surface area contributed by atoms with Gasteiger partial charge < -0.3 is 15.0 Å². The molecule has 104 valence electrons. The Morgan fingerprint density at radius 2 is 2.37 bits per heavy atom. The Kier molecular flexibility index (Phi) is 3.98. The predicted octanol–water partition coefficient (Wildman–Crippen LogP) is -0.0624. The standard InChI is InChI=1S/C11H17N5O3/c1-3-8-13-9(15-14-8)10(17)16-5-4-7(6-16)12-11(18)19-2/h7H,3-6H2,1-2H3,(H,12,18)(H,13,14,15). The van der Waals surface area contributed by atoms with Crippen molar-refractivity contribution >= 4 is 12.0 Å². The zero-order chi connectivity index (χ0) is 13.8. The summed E-state index contributed by atoms with van der Waals surface area (Å²) in [4.78, 5) is 28.9. The van der Waals surface area contributed by atoms with E-state index in [9.17, 15) is 9.59 Å². The summed E-state index contributed by atoms with van der Waals surface area (Å²) < 4.78 is 4.53. The monoisotopic (exact) mass is 267 g/mol. The largest absolute Gasteiger partial charge is 0.453 e. The molecule has 2 heterocycles. The fraction of sp³-hybridized carbons (Fsp3) is 0.636. The molecular formula is C11H17N5O3. The summed E-state index contributed by atoms with van der Waals surface area (Å²) >= 11 is 0. The van der Waals surface area contributed by atoms with Gasteiger partial charge in [-0.15, -0.1) is 5.10 Å². The molecule has 0 saturated carbocycles. The van der Waals surface area contributed by atoms with Crippen molar-refractivity contribution in [1.82, 2.24) is 25.4 Å². The van der Waals surface area contributed by atoms with Crippen molar-refractivity contribution < 1.29 is 14.3 Å². The summed E-state index contributed by atoms with van der Waals surface area (Å²) in [6, 6.07) is -0.0824. The number of aryl methyl sites for hydroxylation is 1. The first-order chi connectivity index (χ1) is 9.13. The summed E-state index contributed by atoms with van der Waals surface area (Å²) in [5.74, 6) is 0.646. The van der Waals surface area contributed by atoms with E-state index in [0.29, 0.717) is 31.8 Å². The fourth-order valence-corrected chi connectivity index (χ4v) is 1.98. The number of hydrogen-bond donors (Lipinski definition) is 2. The van der Waals surface area contributed by atoms with Gasteiger partial charge >= 0.3 is 6.09 Å². The van der Waals surface area contributed by atoms with Crippen LogP contribution in [0.1, 0.15) is 29.8 Å². The first-order valence-corrected chi connectivity index (χ1v) is 6.19. The maximum Gasteiger partial charge on any atom is 0.407 e. The number of amides is 2. The lowest BCUT2D eigenvalue weighted by atomic mass is 10.3. The topological polar surface area (TPSA) is 100 Å². The highest BCUT2D eigenvalue weighted by molar-refractivity contribution is 5.90. The molecule has 2 rings (SSSR count). The third kappa shape index (κ3) is 3.01. The number of nitrogens with one attached hydrogen (secondary N) is 2. The smallest absolute Gasteiger partial charge is 0.407 e. The molecule has 0 aromatic carbocycles. The Balaban J connectivity index is 1.93. The van der Waals surface area contributed by atoms with Gasteiger partial charge in [-0.25, -0.2) is 9.78 Å². The van der Waals surface area contributed by atoms with Crippen LogP contribution in [0.3, 0.4) is 0 Å². The fourth-order valence-electron chi connectivity index (χ4n) is 1.98. The molecule has 1 unspecified atom stereocenters.